The molecule has 108 valence electrons. The minimum atomic E-state index is -0.432. The van der Waals surface area contributed by atoms with E-state index in [4.69, 9.17) is 5.73 Å². The van der Waals surface area contributed by atoms with Gasteiger partial charge in [-0.25, -0.2) is 0 Å². The van der Waals surface area contributed by atoms with Gasteiger partial charge in [0.1, 0.15) is 5.54 Å². The second-order valence-electron chi connectivity index (χ2n) is 5.68. The molecule has 1 aliphatic heterocycles. The van der Waals surface area contributed by atoms with Crippen LogP contribution in [0.1, 0.15) is 39.5 Å². The molecule has 0 aromatic heterocycles. The number of likely N-dealkylation sites (tertiary alicyclic amines) is 1. The van der Waals surface area contributed by atoms with Crippen molar-refractivity contribution in [2.24, 2.45) is 11.7 Å². The average Bonchev–Trinajstić information content (AvgIpc) is 2.38. The summed E-state index contributed by atoms with van der Waals surface area (Å²) < 4.78 is 0. The molecular weight excluding hydrogens is 240 g/mol. The number of nitrogens with two attached hydrogens (primary N) is 1. The molecule has 5 heteroatoms. The highest BCUT2D eigenvalue weighted by atomic mass is 16.1. The molecule has 1 unspecified atom stereocenters. The number of rotatable bonds is 7. The van der Waals surface area contributed by atoms with E-state index < -0.39 is 5.54 Å². The van der Waals surface area contributed by atoms with Crippen LogP contribution in [0.3, 0.4) is 0 Å². The fourth-order valence-corrected chi connectivity index (χ4v) is 2.65. The van der Waals surface area contributed by atoms with Crippen LogP contribution in [0.15, 0.2) is 0 Å². The van der Waals surface area contributed by atoms with Crippen LogP contribution in [0.25, 0.3) is 0 Å². The summed E-state index contributed by atoms with van der Waals surface area (Å²) in [5.74, 6) is 0.257. The fourth-order valence-electron chi connectivity index (χ4n) is 2.65. The van der Waals surface area contributed by atoms with E-state index in [1.165, 1.54) is 0 Å². The van der Waals surface area contributed by atoms with Crippen LogP contribution in [0.5, 0.6) is 0 Å². The number of carbonyl (C=O) groups is 1. The minimum absolute atomic E-state index is 0.192. The summed E-state index contributed by atoms with van der Waals surface area (Å²) in [5, 5.41) is 12.4. The molecule has 1 heterocycles. The fraction of sp³-hybridized carbons (Fsp3) is 0.857. The summed E-state index contributed by atoms with van der Waals surface area (Å²) in [4.78, 5) is 13.3. The van der Waals surface area contributed by atoms with Crippen molar-refractivity contribution >= 4 is 5.91 Å². The van der Waals surface area contributed by atoms with Gasteiger partial charge in [-0.3, -0.25) is 10.1 Å². The Morgan fingerprint density at radius 3 is 2.63 bits per heavy atom. The molecule has 3 N–H and O–H groups in total. The molecule has 5 nitrogen and oxygen atoms in total. The molecule has 19 heavy (non-hydrogen) atoms. The van der Waals surface area contributed by atoms with Gasteiger partial charge in [-0.1, -0.05) is 6.92 Å². The number of amides is 1. The van der Waals surface area contributed by atoms with Crippen LogP contribution < -0.4 is 11.1 Å². The van der Waals surface area contributed by atoms with Crippen molar-refractivity contribution in [2.75, 3.05) is 26.2 Å². The van der Waals surface area contributed by atoms with Gasteiger partial charge in [-0.15, -0.1) is 0 Å². The van der Waals surface area contributed by atoms with Crippen molar-refractivity contribution in [3.8, 4) is 6.07 Å². The maximum absolute atomic E-state index is 10.9. The van der Waals surface area contributed by atoms with E-state index in [0.717, 1.165) is 45.4 Å². The number of primary amides is 1. The van der Waals surface area contributed by atoms with E-state index in [1.807, 2.05) is 13.8 Å². The number of nitrogens with one attached hydrogen (secondary N) is 1. The van der Waals surface area contributed by atoms with Crippen LogP contribution in [0.4, 0.5) is 0 Å². The van der Waals surface area contributed by atoms with Crippen molar-refractivity contribution in [3.63, 3.8) is 0 Å². The first-order valence-electron chi connectivity index (χ1n) is 7.16. The molecule has 0 bridgehead atoms. The molecule has 0 saturated carbocycles. The topological polar surface area (TPSA) is 82.2 Å². The standard InChI is InChI=1S/C14H26N4O/c1-3-17-14(2,11-15)6-9-18-7-4-12(5-8-18)10-13(16)19/h12,17H,3-10H2,1-2H3,(H2,16,19). The first kappa shape index (κ1) is 15.9. The van der Waals surface area contributed by atoms with Crippen molar-refractivity contribution < 1.29 is 4.79 Å². The molecule has 0 spiro atoms. The van der Waals surface area contributed by atoms with E-state index in [-0.39, 0.29) is 5.91 Å². The van der Waals surface area contributed by atoms with Gasteiger partial charge >= 0.3 is 0 Å². The lowest BCUT2D eigenvalue weighted by molar-refractivity contribution is -0.119. The van der Waals surface area contributed by atoms with Gasteiger partial charge in [0.2, 0.25) is 5.91 Å². The third-order valence-corrected chi connectivity index (χ3v) is 3.94. The normalized spacial score (nSPS) is 20.7. The molecule has 1 saturated heterocycles. The number of nitriles is 1. The van der Waals surface area contributed by atoms with E-state index in [9.17, 15) is 10.1 Å². The predicted molar refractivity (Wildman–Crippen MR) is 75.3 cm³/mol. The first-order chi connectivity index (χ1) is 8.99. The number of hydrogen-bond acceptors (Lipinski definition) is 4. The molecule has 1 atom stereocenters. The van der Waals surface area contributed by atoms with E-state index >= 15 is 0 Å². The molecule has 0 aromatic rings. The second-order valence-corrected chi connectivity index (χ2v) is 5.68. The van der Waals surface area contributed by atoms with Gasteiger partial charge in [0, 0.05) is 13.0 Å². The van der Waals surface area contributed by atoms with Crippen LogP contribution in [0.2, 0.25) is 0 Å². The highest BCUT2D eigenvalue weighted by Crippen LogP contribution is 2.21. The monoisotopic (exact) mass is 266 g/mol. The minimum Gasteiger partial charge on any atom is -0.370 e. The van der Waals surface area contributed by atoms with Gasteiger partial charge in [-0.05, 0) is 51.7 Å². The number of carbonyl (C=O) groups excluding carboxylic acids is 1. The maximum Gasteiger partial charge on any atom is 0.217 e. The molecule has 1 fully saturated rings. The molecule has 1 rings (SSSR count). The van der Waals surface area contributed by atoms with Gasteiger partial charge in [0.15, 0.2) is 0 Å². The predicted octanol–water partition coefficient (Wildman–Crippen LogP) is 0.856. The lowest BCUT2D eigenvalue weighted by atomic mass is 9.92. The molecular formula is C14H26N4O. The molecule has 0 radical (unpaired) electrons. The maximum atomic E-state index is 10.9. The lowest BCUT2D eigenvalue weighted by Gasteiger charge is -2.33. The smallest absolute Gasteiger partial charge is 0.217 e. The highest BCUT2D eigenvalue weighted by molar-refractivity contribution is 5.73. The molecule has 0 aliphatic carbocycles. The summed E-state index contributed by atoms with van der Waals surface area (Å²) >= 11 is 0. The zero-order chi connectivity index (χ0) is 14.3. The number of nitrogens with zero attached hydrogens (tertiary/aromatic N) is 2. The van der Waals surface area contributed by atoms with E-state index in [0.29, 0.717) is 12.3 Å². The Bertz CT molecular complexity index is 331. The van der Waals surface area contributed by atoms with Gasteiger partial charge in [-0.2, -0.15) is 5.26 Å². The Balaban J connectivity index is 2.29. The van der Waals surface area contributed by atoms with E-state index in [2.05, 4.69) is 16.3 Å². The van der Waals surface area contributed by atoms with E-state index in [1.54, 1.807) is 0 Å². The Labute approximate surface area is 116 Å². The largest absolute Gasteiger partial charge is 0.370 e. The Hall–Kier alpha value is -1.12. The summed E-state index contributed by atoms with van der Waals surface area (Å²) in [6, 6.07) is 2.35. The molecule has 1 amide bonds. The van der Waals surface area contributed by atoms with Crippen molar-refractivity contribution in [1.82, 2.24) is 10.2 Å². The van der Waals surface area contributed by atoms with Crippen molar-refractivity contribution in [2.45, 2.75) is 45.1 Å². The number of piperidine rings is 1. The summed E-state index contributed by atoms with van der Waals surface area (Å²) in [7, 11) is 0. The summed E-state index contributed by atoms with van der Waals surface area (Å²) in [5.41, 5.74) is 4.80. The van der Waals surface area contributed by atoms with Crippen LogP contribution in [0, 0.1) is 17.2 Å². The van der Waals surface area contributed by atoms with Crippen molar-refractivity contribution in [1.29, 1.82) is 5.26 Å². The SMILES string of the molecule is CCNC(C)(C#N)CCN1CCC(CC(N)=O)CC1. The molecule has 1 aliphatic rings. The zero-order valence-corrected chi connectivity index (χ0v) is 12.1. The Morgan fingerprint density at radius 1 is 1.53 bits per heavy atom. The first-order valence-corrected chi connectivity index (χ1v) is 7.16. The Morgan fingerprint density at radius 2 is 2.16 bits per heavy atom. The third kappa shape index (κ3) is 5.58. The Kier molecular flexibility index (Phi) is 6.26. The highest BCUT2D eigenvalue weighted by Gasteiger charge is 2.25. The summed E-state index contributed by atoms with van der Waals surface area (Å²) in [6.45, 7) is 7.73. The average molecular weight is 266 g/mol. The second kappa shape index (κ2) is 7.46. The van der Waals surface area contributed by atoms with Gasteiger partial charge < -0.3 is 10.6 Å². The van der Waals surface area contributed by atoms with Crippen LogP contribution in [-0.4, -0.2) is 42.5 Å². The van der Waals surface area contributed by atoms with Gasteiger partial charge in [0.05, 0.1) is 6.07 Å². The quantitative estimate of drug-likeness (QED) is 0.716. The lowest BCUT2D eigenvalue weighted by Crippen LogP contribution is -2.45. The third-order valence-electron chi connectivity index (χ3n) is 3.94. The van der Waals surface area contributed by atoms with Crippen molar-refractivity contribution in [3.05, 3.63) is 0 Å². The zero-order valence-electron chi connectivity index (χ0n) is 12.1. The van der Waals surface area contributed by atoms with Crippen LogP contribution in [-0.2, 0) is 4.79 Å². The van der Waals surface area contributed by atoms with Crippen LogP contribution >= 0.6 is 0 Å². The number of hydrogen-bond donors (Lipinski definition) is 2. The molecule has 0 aromatic carbocycles. The summed E-state index contributed by atoms with van der Waals surface area (Å²) in [6.07, 6.45) is 3.42. The van der Waals surface area contributed by atoms with Gasteiger partial charge in [0.25, 0.3) is 0 Å².